The number of hydrogen-bond donors (Lipinski definition) is 1. The summed E-state index contributed by atoms with van der Waals surface area (Å²) in [7, 11) is 0. The molecule has 0 aromatic heterocycles. The van der Waals surface area contributed by atoms with E-state index in [1.807, 2.05) is 6.07 Å². The second-order valence-electron chi connectivity index (χ2n) is 5.03. The summed E-state index contributed by atoms with van der Waals surface area (Å²) < 4.78 is 0. The normalized spacial score (nSPS) is 20.3. The van der Waals surface area contributed by atoms with E-state index in [0.29, 0.717) is 5.56 Å². The molecule has 0 spiro atoms. The maximum absolute atomic E-state index is 11.2. The van der Waals surface area contributed by atoms with E-state index in [4.69, 9.17) is 0 Å². The highest BCUT2D eigenvalue weighted by molar-refractivity contribution is 5.18. The standard InChI is InChI=1S/C14H19NO3/c16-14(12-9-5-2-6-10-12)13(15(17)18)11-7-3-1-4-8-11/h1,3-4,7-8,12-14,16H,2,5-6,9-10H2/t13?,14-/m1/s1. The molecule has 0 radical (unpaired) electrons. The average molecular weight is 249 g/mol. The molecule has 1 fully saturated rings. The van der Waals surface area contributed by atoms with E-state index in [9.17, 15) is 15.2 Å². The largest absolute Gasteiger partial charge is 0.385 e. The van der Waals surface area contributed by atoms with E-state index in [1.54, 1.807) is 24.3 Å². The van der Waals surface area contributed by atoms with Gasteiger partial charge in [0, 0.05) is 10.5 Å². The molecule has 98 valence electrons. The molecule has 18 heavy (non-hydrogen) atoms. The van der Waals surface area contributed by atoms with Crippen molar-refractivity contribution in [2.24, 2.45) is 5.92 Å². The van der Waals surface area contributed by atoms with E-state index in [2.05, 4.69) is 0 Å². The Morgan fingerprint density at radius 1 is 1.17 bits per heavy atom. The SMILES string of the molecule is O=[N+]([O-])C(c1ccccc1)[C@H](O)C1CCCCC1. The number of aliphatic hydroxyl groups is 1. The molecular weight excluding hydrogens is 230 g/mol. The van der Waals surface area contributed by atoms with E-state index in [0.717, 1.165) is 25.7 Å². The minimum Gasteiger partial charge on any atom is -0.385 e. The highest BCUT2D eigenvalue weighted by Crippen LogP contribution is 2.33. The van der Waals surface area contributed by atoms with Gasteiger partial charge in [0.2, 0.25) is 0 Å². The molecule has 0 amide bonds. The first-order chi connectivity index (χ1) is 8.70. The van der Waals surface area contributed by atoms with Crippen LogP contribution >= 0.6 is 0 Å². The Morgan fingerprint density at radius 2 is 1.78 bits per heavy atom. The van der Waals surface area contributed by atoms with Gasteiger partial charge >= 0.3 is 0 Å². The third-order valence-corrected chi connectivity index (χ3v) is 3.82. The fourth-order valence-corrected chi connectivity index (χ4v) is 2.83. The van der Waals surface area contributed by atoms with Crippen molar-refractivity contribution in [3.8, 4) is 0 Å². The molecule has 0 bridgehead atoms. The topological polar surface area (TPSA) is 63.4 Å². The Kier molecular flexibility index (Phi) is 4.31. The van der Waals surface area contributed by atoms with Crippen LogP contribution in [0.3, 0.4) is 0 Å². The maximum atomic E-state index is 11.2. The number of benzene rings is 1. The number of nitrogens with zero attached hydrogens (tertiary/aromatic N) is 1. The Hall–Kier alpha value is -1.42. The second-order valence-corrected chi connectivity index (χ2v) is 5.03. The minimum atomic E-state index is -0.991. The van der Waals surface area contributed by atoms with Crippen molar-refractivity contribution >= 4 is 0 Å². The zero-order chi connectivity index (χ0) is 13.0. The first kappa shape index (κ1) is 13.0. The molecule has 1 aliphatic rings. The maximum Gasteiger partial charge on any atom is 0.263 e. The van der Waals surface area contributed by atoms with Crippen LogP contribution in [0.5, 0.6) is 0 Å². The highest BCUT2D eigenvalue weighted by atomic mass is 16.6. The molecule has 0 saturated heterocycles. The Bertz CT molecular complexity index is 387. The summed E-state index contributed by atoms with van der Waals surface area (Å²) in [6.07, 6.45) is 4.25. The van der Waals surface area contributed by atoms with Crippen molar-refractivity contribution in [1.82, 2.24) is 0 Å². The summed E-state index contributed by atoms with van der Waals surface area (Å²) in [6.45, 7) is 0. The van der Waals surface area contributed by atoms with Gasteiger partial charge in [-0.05, 0) is 18.8 Å². The predicted octanol–water partition coefficient (Wildman–Crippen LogP) is 2.95. The number of hydrogen-bond acceptors (Lipinski definition) is 3. The molecule has 2 atom stereocenters. The lowest BCUT2D eigenvalue weighted by Crippen LogP contribution is -2.33. The van der Waals surface area contributed by atoms with Crippen molar-refractivity contribution in [1.29, 1.82) is 0 Å². The molecule has 1 saturated carbocycles. The van der Waals surface area contributed by atoms with Gasteiger partial charge in [0.25, 0.3) is 6.04 Å². The summed E-state index contributed by atoms with van der Waals surface area (Å²) in [5.74, 6) is 0.0642. The highest BCUT2D eigenvalue weighted by Gasteiger charge is 2.37. The van der Waals surface area contributed by atoms with Crippen LogP contribution in [-0.2, 0) is 0 Å². The number of aliphatic hydroxyl groups excluding tert-OH is 1. The predicted molar refractivity (Wildman–Crippen MR) is 68.8 cm³/mol. The Morgan fingerprint density at radius 3 is 2.33 bits per heavy atom. The van der Waals surface area contributed by atoms with Crippen molar-refractivity contribution in [2.75, 3.05) is 0 Å². The van der Waals surface area contributed by atoms with Crippen LogP contribution in [0.2, 0.25) is 0 Å². The lowest BCUT2D eigenvalue weighted by atomic mass is 9.81. The molecule has 4 heteroatoms. The molecule has 1 aromatic rings. The summed E-state index contributed by atoms with van der Waals surface area (Å²) in [4.78, 5) is 10.9. The van der Waals surface area contributed by atoms with Crippen LogP contribution in [0, 0.1) is 16.0 Å². The molecule has 4 nitrogen and oxygen atoms in total. The van der Waals surface area contributed by atoms with Crippen LogP contribution in [0.25, 0.3) is 0 Å². The van der Waals surface area contributed by atoms with Crippen LogP contribution in [0.15, 0.2) is 30.3 Å². The van der Waals surface area contributed by atoms with Gasteiger partial charge in [-0.15, -0.1) is 0 Å². The molecule has 1 N–H and O–H groups in total. The van der Waals surface area contributed by atoms with Gasteiger partial charge in [-0.1, -0.05) is 49.6 Å². The van der Waals surface area contributed by atoms with E-state index in [-0.39, 0.29) is 10.8 Å². The van der Waals surface area contributed by atoms with E-state index < -0.39 is 12.1 Å². The zero-order valence-electron chi connectivity index (χ0n) is 10.4. The van der Waals surface area contributed by atoms with Crippen molar-refractivity contribution in [3.63, 3.8) is 0 Å². The second kappa shape index (κ2) is 5.96. The van der Waals surface area contributed by atoms with Gasteiger partial charge in [-0.25, -0.2) is 0 Å². The number of rotatable bonds is 4. The Balaban J connectivity index is 2.17. The van der Waals surface area contributed by atoms with Crippen molar-refractivity contribution < 1.29 is 10.0 Å². The molecule has 1 unspecified atom stereocenters. The van der Waals surface area contributed by atoms with Crippen LogP contribution in [-0.4, -0.2) is 16.1 Å². The van der Waals surface area contributed by atoms with Gasteiger partial charge < -0.3 is 5.11 Å². The first-order valence-corrected chi connectivity index (χ1v) is 6.56. The summed E-state index contributed by atoms with van der Waals surface area (Å²) >= 11 is 0. The quantitative estimate of drug-likeness (QED) is 0.659. The third kappa shape index (κ3) is 2.88. The number of nitro groups is 1. The summed E-state index contributed by atoms with van der Waals surface area (Å²) in [5, 5.41) is 21.5. The average Bonchev–Trinajstić information content (AvgIpc) is 2.40. The van der Waals surface area contributed by atoms with Gasteiger partial charge in [-0.2, -0.15) is 0 Å². The van der Waals surface area contributed by atoms with Gasteiger partial charge in [0.15, 0.2) is 0 Å². The monoisotopic (exact) mass is 249 g/mol. The molecule has 0 heterocycles. The summed E-state index contributed by atoms with van der Waals surface area (Å²) in [5.41, 5.74) is 0.598. The fourth-order valence-electron chi connectivity index (χ4n) is 2.83. The zero-order valence-corrected chi connectivity index (χ0v) is 10.4. The molecular formula is C14H19NO3. The van der Waals surface area contributed by atoms with Crippen LogP contribution < -0.4 is 0 Å². The molecule has 2 rings (SSSR count). The van der Waals surface area contributed by atoms with Crippen molar-refractivity contribution in [3.05, 3.63) is 46.0 Å². The van der Waals surface area contributed by atoms with E-state index >= 15 is 0 Å². The minimum absolute atomic E-state index is 0.0642. The third-order valence-electron chi connectivity index (χ3n) is 3.82. The molecule has 0 aliphatic heterocycles. The Labute approximate surface area is 107 Å². The molecule has 1 aromatic carbocycles. The molecule has 1 aliphatic carbocycles. The van der Waals surface area contributed by atoms with Gasteiger partial charge in [0.05, 0.1) is 0 Å². The lowest BCUT2D eigenvalue weighted by Gasteiger charge is -2.28. The van der Waals surface area contributed by atoms with E-state index in [1.165, 1.54) is 6.42 Å². The first-order valence-electron chi connectivity index (χ1n) is 6.56. The smallest absolute Gasteiger partial charge is 0.263 e. The lowest BCUT2D eigenvalue weighted by molar-refractivity contribution is -0.543. The van der Waals surface area contributed by atoms with Gasteiger partial charge in [0.1, 0.15) is 6.10 Å². The van der Waals surface area contributed by atoms with Crippen LogP contribution in [0.1, 0.15) is 43.7 Å². The fraction of sp³-hybridized carbons (Fsp3) is 0.571. The van der Waals surface area contributed by atoms with Crippen LogP contribution in [0.4, 0.5) is 0 Å². The summed E-state index contributed by atoms with van der Waals surface area (Å²) in [6, 6.07) is 7.83. The van der Waals surface area contributed by atoms with Gasteiger partial charge in [-0.3, -0.25) is 10.1 Å². The van der Waals surface area contributed by atoms with Crippen molar-refractivity contribution in [2.45, 2.75) is 44.2 Å².